The topological polar surface area (TPSA) is 72.5 Å². The lowest BCUT2D eigenvalue weighted by Gasteiger charge is -2.19. The molecule has 3 N–H and O–H groups in total. The summed E-state index contributed by atoms with van der Waals surface area (Å²) < 4.78 is 4.65. The quantitative estimate of drug-likeness (QED) is 0.831. The molecule has 0 heterocycles. The second-order valence-corrected chi connectivity index (χ2v) is 3.52. The number of amides is 1. The van der Waals surface area contributed by atoms with Gasteiger partial charge in [-0.2, -0.15) is 0 Å². The Hall–Kier alpha value is -1.26. The highest BCUT2D eigenvalue weighted by molar-refractivity contribution is 6.31. The third kappa shape index (κ3) is 3.11. The number of halogens is 1. The Bertz CT molecular complexity index is 356. The molecule has 5 heteroatoms. The fourth-order valence-electron chi connectivity index (χ4n) is 1.22. The van der Waals surface area contributed by atoms with Gasteiger partial charge < -0.3 is 15.6 Å². The minimum Gasteiger partial charge on any atom is -0.444 e. The first-order valence-corrected chi connectivity index (χ1v) is 4.78. The highest BCUT2D eigenvalue weighted by Crippen LogP contribution is 2.25. The second kappa shape index (κ2) is 5.00. The van der Waals surface area contributed by atoms with Crippen molar-refractivity contribution >= 4 is 17.7 Å². The van der Waals surface area contributed by atoms with E-state index in [1.807, 2.05) is 0 Å². The molecule has 0 aliphatic rings. The van der Waals surface area contributed by atoms with Gasteiger partial charge in [-0.05, 0) is 13.0 Å². The zero-order valence-corrected chi connectivity index (χ0v) is 8.94. The number of aliphatic hydroxyl groups is 1. The van der Waals surface area contributed by atoms with E-state index in [2.05, 4.69) is 4.74 Å². The molecule has 1 aromatic rings. The number of hydrogen-bond donors (Lipinski definition) is 2. The molecule has 1 amide bonds. The van der Waals surface area contributed by atoms with Gasteiger partial charge in [0.1, 0.15) is 12.2 Å². The Kier molecular flexibility index (Phi) is 3.94. The van der Waals surface area contributed by atoms with Gasteiger partial charge in [0.2, 0.25) is 0 Å². The normalized spacial score (nSPS) is 14.3. The predicted octanol–water partition coefficient (Wildman–Crippen LogP) is 1.86. The second-order valence-electron chi connectivity index (χ2n) is 3.11. The maximum absolute atomic E-state index is 10.5. The monoisotopic (exact) mass is 229 g/mol. The number of primary amides is 1. The number of carbonyl (C=O) groups excluding carboxylic acids is 1. The molecular weight excluding hydrogens is 218 g/mol. The maximum atomic E-state index is 10.5. The van der Waals surface area contributed by atoms with E-state index in [0.29, 0.717) is 10.6 Å². The van der Waals surface area contributed by atoms with Gasteiger partial charge in [0.05, 0.1) is 0 Å². The highest BCUT2D eigenvalue weighted by Gasteiger charge is 2.21. The first-order valence-electron chi connectivity index (χ1n) is 4.41. The lowest BCUT2D eigenvalue weighted by Crippen LogP contribution is -2.25. The SMILES string of the molecule is C[C@@H](OC(N)=O)[C@@H](O)c1ccccc1Cl. The zero-order chi connectivity index (χ0) is 11.4. The van der Waals surface area contributed by atoms with Crippen LogP contribution in [0.4, 0.5) is 4.79 Å². The Morgan fingerprint density at radius 2 is 2.13 bits per heavy atom. The van der Waals surface area contributed by atoms with Crippen molar-refractivity contribution in [2.24, 2.45) is 5.73 Å². The Labute approximate surface area is 92.6 Å². The van der Waals surface area contributed by atoms with Crippen molar-refractivity contribution in [2.45, 2.75) is 19.1 Å². The molecule has 4 nitrogen and oxygen atoms in total. The molecule has 0 aliphatic carbocycles. The molecule has 0 aromatic heterocycles. The first-order chi connectivity index (χ1) is 7.02. The zero-order valence-electron chi connectivity index (χ0n) is 8.18. The van der Waals surface area contributed by atoms with Gasteiger partial charge in [-0.1, -0.05) is 29.8 Å². The molecule has 82 valence electrons. The molecule has 15 heavy (non-hydrogen) atoms. The number of aliphatic hydroxyl groups excluding tert-OH is 1. The van der Waals surface area contributed by atoms with Crippen molar-refractivity contribution in [2.75, 3.05) is 0 Å². The van der Waals surface area contributed by atoms with E-state index in [0.717, 1.165) is 0 Å². The Morgan fingerprint density at radius 3 is 2.67 bits per heavy atom. The van der Waals surface area contributed by atoms with Crippen molar-refractivity contribution in [3.63, 3.8) is 0 Å². The summed E-state index contributed by atoms with van der Waals surface area (Å²) >= 11 is 5.87. The average Bonchev–Trinajstić information content (AvgIpc) is 2.16. The molecular formula is C10H12ClNO3. The lowest BCUT2D eigenvalue weighted by atomic mass is 10.1. The minimum absolute atomic E-state index is 0.421. The van der Waals surface area contributed by atoms with Crippen LogP contribution in [0.2, 0.25) is 5.02 Å². The van der Waals surface area contributed by atoms with Crippen LogP contribution >= 0.6 is 11.6 Å². The van der Waals surface area contributed by atoms with Crippen LogP contribution in [0.1, 0.15) is 18.6 Å². The van der Waals surface area contributed by atoms with E-state index >= 15 is 0 Å². The molecule has 0 bridgehead atoms. The molecule has 0 radical (unpaired) electrons. The summed E-state index contributed by atoms with van der Waals surface area (Å²) in [6.45, 7) is 1.54. The molecule has 0 fully saturated rings. The van der Waals surface area contributed by atoms with Crippen LogP contribution in [0.25, 0.3) is 0 Å². The van der Waals surface area contributed by atoms with Crippen LogP contribution in [0.3, 0.4) is 0 Å². The van der Waals surface area contributed by atoms with Gasteiger partial charge in [0.25, 0.3) is 0 Å². The van der Waals surface area contributed by atoms with Gasteiger partial charge >= 0.3 is 6.09 Å². The van der Waals surface area contributed by atoms with Crippen LogP contribution in [-0.2, 0) is 4.74 Å². The summed E-state index contributed by atoms with van der Waals surface area (Å²) in [5.41, 5.74) is 5.35. The van der Waals surface area contributed by atoms with E-state index < -0.39 is 18.3 Å². The van der Waals surface area contributed by atoms with Gasteiger partial charge in [-0.3, -0.25) is 0 Å². The van der Waals surface area contributed by atoms with Crippen LogP contribution in [-0.4, -0.2) is 17.3 Å². The summed E-state index contributed by atoms with van der Waals surface area (Å²) in [4.78, 5) is 10.5. The fourth-order valence-corrected chi connectivity index (χ4v) is 1.46. The smallest absolute Gasteiger partial charge is 0.404 e. The number of benzene rings is 1. The largest absolute Gasteiger partial charge is 0.444 e. The minimum atomic E-state index is -0.980. The van der Waals surface area contributed by atoms with Crippen molar-refractivity contribution in [3.8, 4) is 0 Å². The summed E-state index contributed by atoms with van der Waals surface area (Å²) in [5, 5.41) is 10.2. The lowest BCUT2D eigenvalue weighted by molar-refractivity contribution is 0.0158. The van der Waals surface area contributed by atoms with Gasteiger partial charge in [-0.15, -0.1) is 0 Å². The van der Waals surface area contributed by atoms with Crippen molar-refractivity contribution in [3.05, 3.63) is 34.9 Å². The van der Waals surface area contributed by atoms with Crippen LogP contribution < -0.4 is 5.73 Å². The molecule has 1 rings (SSSR count). The first kappa shape index (κ1) is 11.8. The van der Waals surface area contributed by atoms with E-state index in [-0.39, 0.29) is 0 Å². The van der Waals surface area contributed by atoms with Crippen LogP contribution in [0.15, 0.2) is 24.3 Å². The molecule has 1 aromatic carbocycles. The van der Waals surface area contributed by atoms with Crippen molar-refractivity contribution < 1.29 is 14.6 Å². The number of rotatable bonds is 3. The number of ether oxygens (including phenoxy) is 1. The Morgan fingerprint density at radius 1 is 1.53 bits per heavy atom. The Balaban J connectivity index is 2.80. The predicted molar refractivity (Wildman–Crippen MR) is 56.5 cm³/mol. The summed E-state index contributed by atoms with van der Waals surface area (Å²) in [7, 11) is 0. The summed E-state index contributed by atoms with van der Waals surface area (Å²) in [6, 6.07) is 6.80. The standard InChI is InChI=1S/C10H12ClNO3/c1-6(15-10(12)14)9(13)7-4-2-3-5-8(7)11/h2-6,9,13H,1H3,(H2,12,14)/t6-,9-/m1/s1. The van der Waals surface area contributed by atoms with E-state index in [1.165, 1.54) is 0 Å². The van der Waals surface area contributed by atoms with Crippen molar-refractivity contribution in [1.82, 2.24) is 0 Å². The van der Waals surface area contributed by atoms with Crippen LogP contribution in [0, 0.1) is 0 Å². The molecule has 2 atom stereocenters. The molecule has 0 unspecified atom stereocenters. The van der Waals surface area contributed by atoms with E-state index in [4.69, 9.17) is 17.3 Å². The summed E-state index contributed by atoms with van der Waals surface area (Å²) in [6.07, 6.45) is -2.64. The third-order valence-electron chi connectivity index (χ3n) is 1.97. The third-order valence-corrected chi connectivity index (χ3v) is 2.31. The van der Waals surface area contributed by atoms with Gasteiger partial charge in [0, 0.05) is 10.6 Å². The van der Waals surface area contributed by atoms with Gasteiger partial charge in [0.15, 0.2) is 0 Å². The van der Waals surface area contributed by atoms with E-state index in [9.17, 15) is 9.90 Å². The molecule has 0 saturated heterocycles. The molecule has 0 saturated carbocycles. The number of hydrogen-bond acceptors (Lipinski definition) is 3. The number of carbonyl (C=O) groups is 1. The van der Waals surface area contributed by atoms with Crippen molar-refractivity contribution in [1.29, 1.82) is 0 Å². The summed E-state index contributed by atoms with van der Waals surface area (Å²) in [5.74, 6) is 0. The molecule has 0 spiro atoms. The maximum Gasteiger partial charge on any atom is 0.404 e. The van der Waals surface area contributed by atoms with E-state index in [1.54, 1.807) is 31.2 Å². The molecule has 0 aliphatic heterocycles. The average molecular weight is 230 g/mol. The fraction of sp³-hybridized carbons (Fsp3) is 0.300. The van der Waals surface area contributed by atoms with Gasteiger partial charge in [-0.25, -0.2) is 4.79 Å². The number of nitrogens with two attached hydrogens (primary N) is 1. The van der Waals surface area contributed by atoms with Crippen LogP contribution in [0.5, 0.6) is 0 Å². The highest BCUT2D eigenvalue weighted by atomic mass is 35.5.